The largest absolute Gasteiger partial charge is 0.494 e. The van der Waals surface area contributed by atoms with Gasteiger partial charge in [0.15, 0.2) is 5.69 Å². The number of aryl methyl sites for hydroxylation is 6. The molecule has 0 fully saturated rings. The van der Waals surface area contributed by atoms with Crippen molar-refractivity contribution >= 4 is 62.6 Å². The summed E-state index contributed by atoms with van der Waals surface area (Å²) < 4.78 is 23.6. The van der Waals surface area contributed by atoms with Crippen LogP contribution in [0.15, 0.2) is 60.8 Å². The van der Waals surface area contributed by atoms with E-state index in [0.29, 0.717) is 64.1 Å². The quantitative estimate of drug-likeness (QED) is 0.107. The minimum atomic E-state index is -1.18. The van der Waals surface area contributed by atoms with Gasteiger partial charge in [0.2, 0.25) is 0 Å². The molecule has 0 bridgehead atoms. The highest BCUT2D eigenvalue weighted by Crippen LogP contribution is 2.48. The second-order valence-electron chi connectivity index (χ2n) is 16.2. The third-order valence-corrected chi connectivity index (χ3v) is 12.8. The van der Waals surface area contributed by atoms with Gasteiger partial charge < -0.3 is 33.4 Å². The minimum Gasteiger partial charge on any atom is -0.494 e. The lowest BCUT2D eigenvalue weighted by atomic mass is 9.98. The Bertz CT molecular complexity index is 2890. The number of carbonyl (C=O) groups is 2. The predicted octanol–water partition coefficient (Wildman–Crippen LogP) is 10.2. The van der Waals surface area contributed by atoms with Crippen molar-refractivity contribution in [3.8, 4) is 22.6 Å². The van der Waals surface area contributed by atoms with Crippen molar-refractivity contribution in [3.05, 3.63) is 122 Å². The van der Waals surface area contributed by atoms with E-state index in [1.54, 1.807) is 28.8 Å². The zero-order chi connectivity index (χ0) is 44.1. The number of hydrogen-bond acceptors (Lipinski definition) is 7. The highest BCUT2D eigenvalue weighted by Gasteiger charge is 2.40. The Labute approximate surface area is 370 Å². The highest BCUT2D eigenvalue weighted by molar-refractivity contribution is 6.35. The summed E-state index contributed by atoms with van der Waals surface area (Å²) in [5.41, 5.74) is 9.97. The van der Waals surface area contributed by atoms with Gasteiger partial charge in [-0.1, -0.05) is 35.3 Å². The molecule has 62 heavy (non-hydrogen) atoms. The number of pyridine rings is 1. The number of carbonyl (C=O) groups excluding carboxylic acids is 1. The molecule has 0 unspecified atom stereocenters. The highest BCUT2D eigenvalue weighted by atomic mass is 35.5. The van der Waals surface area contributed by atoms with Crippen LogP contribution in [-0.4, -0.2) is 74.4 Å². The second kappa shape index (κ2) is 17.2. The summed E-state index contributed by atoms with van der Waals surface area (Å²) in [7, 11) is 3.50. The van der Waals surface area contributed by atoms with Gasteiger partial charge in [-0.15, -0.1) is 0 Å². The van der Waals surface area contributed by atoms with Crippen LogP contribution in [0.3, 0.4) is 0 Å². The molecule has 0 aliphatic carbocycles. The average molecular weight is 878 g/mol. The predicted molar refractivity (Wildman–Crippen MR) is 244 cm³/mol. The van der Waals surface area contributed by atoms with Crippen LogP contribution in [-0.2, 0) is 24.8 Å². The lowest BCUT2D eigenvalue weighted by molar-refractivity contribution is 0.0687. The standard InChI is InChI=1S/C48H50Cl2N6O6/c1-26-16-17-51-32(21-26)25-54-37-12-9-13-38(62-20-19-60-8)41(37)45(46(54)48(58)59)55-24-29(4)56-43-35(14-15-36(49)40(43)39-30(5)52-53(7)31(39)6)34(44(56)47(55)57)11-10-18-61-33-22-27(2)42(50)28(3)23-33/h9,12-17,21-23,29H,10-11,18-20,24-25H2,1-8H3,(H,58,59)/t29-/m1/s1. The van der Waals surface area contributed by atoms with Gasteiger partial charge in [0.1, 0.15) is 23.8 Å². The number of aromatic carboxylic acids is 1. The topological polar surface area (TPSA) is 126 Å². The van der Waals surface area contributed by atoms with Crippen molar-refractivity contribution < 1.29 is 28.9 Å². The molecule has 1 aliphatic heterocycles. The fourth-order valence-corrected chi connectivity index (χ4v) is 9.47. The Hall–Kier alpha value is -5.82. The second-order valence-corrected chi connectivity index (χ2v) is 17.0. The van der Waals surface area contributed by atoms with Gasteiger partial charge in [0, 0.05) is 60.2 Å². The Morgan fingerprint density at radius 2 is 1.71 bits per heavy atom. The molecule has 4 aromatic heterocycles. The molecule has 3 aromatic carbocycles. The van der Waals surface area contributed by atoms with Gasteiger partial charge in [0.05, 0.1) is 58.3 Å². The lowest BCUT2D eigenvalue weighted by Gasteiger charge is -2.34. The Morgan fingerprint density at radius 3 is 2.39 bits per heavy atom. The van der Waals surface area contributed by atoms with Gasteiger partial charge >= 0.3 is 5.97 Å². The number of aromatic nitrogens is 5. The van der Waals surface area contributed by atoms with Crippen molar-refractivity contribution in [3.63, 3.8) is 0 Å². The molecule has 14 heteroatoms. The number of fused-ring (bicyclic) bond motifs is 4. The molecule has 1 aliphatic rings. The molecule has 12 nitrogen and oxygen atoms in total. The number of benzene rings is 3. The number of halogens is 2. The van der Waals surface area contributed by atoms with Crippen LogP contribution in [0.25, 0.3) is 32.9 Å². The van der Waals surface area contributed by atoms with E-state index in [1.165, 1.54) is 0 Å². The van der Waals surface area contributed by atoms with Gasteiger partial charge in [-0.05, 0) is 119 Å². The number of amides is 1. The number of anilines is 1. The number of methoxy groups -OCH3 is 1. The molecule has 0 saturated heterocycles. The first kappa shape index (κ1) is 42.9. The Morgan fingerprint density at radius 1 is 0.952 bits per heavy atom. The molecule has 1 N–H and O–H groups in total. The Kier molecular flexibility index (Phi) is 11.9. The van der Waals surface area contributed by atoms with Crippen molar-refractivity contribution in [1.29, 1.82) is 0 Å². The smallest absolute Gasteiger partial charge is 0.354 e. The van der Waals surface area contributed by atoms with E-state index in [2.05, 4.69) is 16.5 Å². The molecule has 0 radical (unpaired) electrons. The summed E-state index contributed by atoms with van der Waals surface area (Å²) in [6, 6.07) is 16.7. The number of rotatable bonds is 14. The molecular weight excluding hydrogens is 827 g/mol. The van der Waals surface area contributed by atoms with Crippen LogP contribution in [0.4, 0.5) is 5.69 Å². The molecule has 8 rings (SSSR count). The van der Waals surface area contributed by atoms with Crippen LogP contribution >= 0.6 is 23.2 Å². The van der Waals surface area contributed by atoms with E-state index in [-0.39, 0.29) is 43.0 Å². The van der Waals surface area contributed by atoms with Crippen LogP contribution < -0.4 is 14.4 Å². The number of nitrogens with zero attached hydrogens (tertiary/aromatic N) is 6. The summed E-state index contributed by atoms with van der Waals surface area (Å²) in [5, 5.41) is 18.6. The molecular formula is C48H50Cl2N6O6. The third kappa shape index (κ3) is 7.47. The molecule has 0 spiro atoms. The van der Waals surface area contributed by atoms with Gasteiger partial charge in [0.25, 0.3) is 5.91 Å². The molecule has 1 atom stereocenters. The number of hydrogen-bond donors (Lipinski definition) is 1. The number of carboxylic acids is 1. The molecule has 1 amide bonds. The molecule has 322 valence electrons. The maximum absolute atomic E-state index is 15.7. The van der Waals surface area contributed by atoms with E-state index in [9.17, 15) is 9.90 Å². The number of ether oxygens (including phenoxy) is 3. The van der Waals surface area contributed by atoms with Crippen molar-refractivity contribution in [2.75, 3.05) is 38.4 Å². The maximum Gasteiger partial charge on any atom is 0.354 e. The van der Waals surface area contributed by atoms with E-state index in [0.717, 1.165) is 61.4 Å². The zero-order valence-electron chi connectivity index (χ0n) is 36.2. The van der Waals surface area contributed by atoms with E-state index < -0.39 is 5.97 Å². The van der Waals surface area contributed by atoms with Gasteiger partial charge in [-0.25, -0.2) is 4.79 Å². The van der Waals surface area contributed by atoms with Crippen LogP contribution in [0, 0.1) is 34.6 Å². The summed E-state index contributed by atoms with van der Waals surface area (Å²) in [4.78, 5) is 35.6. The molecule has 0 saturated carbocycles. The monoisotopic (exact) mass is 876 g/mol. The van der Waals surface area contributed by atoms with Crippen LogP contribution in [0.2, 0.25) is 10.0 Å². The lowest BCUT2D eigenvalue weighted by Crippen LogP contribution is -2.43. The van der Waals surface area contributed by atoms with Crippen LogP contribution in [0.5, 0.6) is 11.5 Å². The summed E-state index contributed by atoms with van der Waals surface area (Å²) >= 11 is 13.6. The van der Waals surface area contributed by atoms with Gasteiger partial charge in [-0.2, -0.15) is 5.10 Å². The average Bonchev–Trinajstić information content (AvgIpc) is 3.83. The molecule has 7 aromatic rings. The van der Waals surface area contributed by atoms with Crippen molar-refractivity contribution in [2.45, 2.75) is 67.0 Å². The van der Waals surface area contributed by atoms with Gasteiger partial charge in [-0.3, -0.25) is 14.5 Å². The fraction of sp³-hybridized carbons (Fsp3) is 0.333. The third-order valence-electron chi connectivity index (χ3n) is 11.9. The Balaban J connectivity index is 1.33. The van der Waals surface area contributed by atoms with Crippen LogP contribution in [0.1, 0.15) is 79.7 Å². The molecule has 5 heterocycles. The first-order chi connectivity index (χ1) is 29.7. The van der Waals surface area contributed by atoms with Crippen molar-refractivity contribution in [2.24, 2.45) is 7.05 Å². The first-order valence-electron chi connectivity index (χ1n) is 20.7. The van der Waals surface area contributed by atoms with E-state index in [1.807, 2.05) is 94.9 Å². The normalized spacial score (nSPS) is 14.0. The summed E-state index contributed by atoms with van der Waals surface area (Å²) in [6.07, 6.45) is 2.78. The summed E-state index contributed by atoms with van der Waals surface area (Å²) in [6.45, 7) is 13.2. The first-order valence-corrected chi connectivity index (χ1v) is 21.5. The van der Waals surface area contributed by atoms with E-state index in [4.69, 9.17) is 42.5 Å². The fourth-order valence-electron chi connectivity index (χ4n) is 9.12. The summed E-state index contributed by atoms with van der Waals surface area (Å²) in [5.74, 6) is -0.341. The zero-order valence-corrected chi connectivity index (χ0v) is 37.7. The van der Waals surface area contributed by atoms with E-state index >= 15 is 4.79 Å². The van der Waals surface area contributed by atoms with Crippen molar-refractivity contribution in [1.82, 2.24) is 23.9 Å². The SMILES string of the molecule is COCCOc1cccc2c1c(N1C[C@@H](C)n3c(c(CCCOc4cc(C)c(Cl)c(C)c4)c4ccc(Cl)c(-c5c(C)nn(C)c5C)c43)C1=O)c(C(=O)O)n2Cc1cc(C)ccn1. The number of carboxylic acid groups (broad SMARTS) is 1. The minimum absolute atomic E-state index is 0.0370. The maximum atomic E-state index is 15.7.